The lowest BCUT2D eigenvalue weighted by Gasteiger charge is -2.13. The average Bonchev–Trinajstić information content (AvgIpc) is 3.11. The van der Waals surface area contributed by atoms with E-state index in [4.69, 9.17) is 33.0 Å². The van der Waals surface area contributed by atoms with Crippen molar-refractivity contribution in [1.29, 1.82) is 0 Å². The first-order valence-electron chi connectivity index (χ1n) is 7.06. The number of hydrogen-bond acceptors (Lipinski definition) is 4. The van der Waals surface area contributed by atoms with Crippen molar-refractivity contribution >= 4 is 40.3 Å². The lowest BCUT2D eigenvalue weighted by atomic mass is 10.1. The smallest absolute Gasteiger partial charge is 0.181 e. The van der Waals surface area contributed by atoms with Crippen molar-refractivity contribution in [3.05, 3.63) is 60.1 Å². The van der Waals surface area contributed by atoms with Gasteiger partial charge in [0, 0.05) is 22.5 Å². The van der Waals surface area contributed by atoms with Crippen molar-refractivity contribution in [1.82, 2.24) is 4.98 Å². The lowest BCUT2D eigenvalue weighted by molar-refractivity contribution is 0.415. The molecule has 0 saturated carbocycles. The van der Waals surface area contributed by atoms with Crippen LogP contribution in [0.3, 0.4) is 0 Å². The maximum absolute atomic E-state index is 5.87. The molecular formula is C17H14ClN3O2S. The van der Waals surface area contributed by atoms with E-state index in [9.17, 15) is 0 Å². The van der Waals surface area contributed by atoms with E-state index in [1.807, 2.05) is 30.3 Å². The number of oxazole rings is 1. The third kappa shape index (κ3) is 3.84. The number of nitrogens with zero attached hydrogens (tertiary/aromatic N) is 1. The average molecular weight is 360 g/mol. The van der Waals surface area contributed by atoms with E-state index in [-0.39, 0.29) is 0 Å². The summed E-state index contributed by atoms with van der Waals surface area (Å²) in [4.78, 5) is 3.92. The van der Waals surface area contributed by atoms with E-state index in [1.54, 1.807) is 25.4 Å². The van der Waals surface area contributed by atoms with Gasteiger partial charge in [0.1, 0.15) is 5.75 Å². The molecule has 0 radical (unpaired) electrons. The number of methoxy groups -OCH3 is 1. The van der Waals surface area contributed by atoms with Crippen LogP contribution in [0.4, 0.5) is 11.4 Å². The molecule has 0 aliphatic rings. The van der Waals surface area contributed by atoms with Crippen LogP contribution in [0.2, 0.25) is 5.02 Å². The van der Waals surface area contributed by atoms with Gasteiger partial charge in [-0.25, -0.2) is 4.98 Å². The van der Waals surface area contributed by atoms with Gasteiger partial charge in [-0.15, -0.1) is 0 Å². The Kier molecular flexibility index (Phi) is 4.98. The van der Waals surface area contributed by atoms with Gasteiger partial charge in [0.15, 0.2) is 17.3 Å². The topological polar surface area (TPSA) is 59.3 Å². The van der Waals surface area contributed by atoms with Crippen molar-refractivity contribution in [3.63, 3.8) is 0 Å². The number of anilines is 2. The van der Waals surface area contributed by atoms with Crippen molar-refractivity contribution in [3.8, 4) is 17.1 Å². The Morgan fingerprint density at radius 1 is 1.12 bits per heavy atom. The van der Waals surface area contributed by atoms with Crippen molar-refractivity contribution < 1.29 is 9.15 Å². The van der Waals surface area contributed by atoms with E-state index >= 15 is 0 Å². The van der Waals surface area contributed by atoms with Gasteiger partial charge in [0.05, 0.1) is 18.9 Å². The Morgan fingerprint density at radius 3 is 2.50 bits per heavy atom. The molecule has 0 aliphatic carbocycles. The summed E-state index contributed by atoms with van der Waals surface area (Å²) in [6.07, 6.45) is 3.02. The number of aromatic nitrogens is 1. The normalized spacial score (nSPS) is 10.2. The molecule has 0 bridgehead atoms. The maximum Gasteiger partial charge on any atom is 0.181 e. The summed E-state index contributed by atoms with van der Waals surface area (Å²) in [5.74, 6) is 1.30. The van der Waals surface area contributed by atoms with Gasteiger partial charge in [-0.05, 0) is 48.6 Å². The Hall–Kier alpha value is -2.57. The van der Waals surface area contributed by atoms with E-state index in [1.165, 1.54) is 6.39 Å². The van der Waals surface area contributed by atoms with Crippen molar-refractivity contribution in [2.75, 3.05) is 17.7 Å². The van der Waals surface area contributed by atoms with Crippen molar-refractivity contribution in [2.45, 2.75) is 0 Å². The molecular weight excluding hydrogens is 346 g/mol. The van der Waals surface area contributed by atoms with Crippen LogP contribution in [0, 0.1) is 0 Å². The number of hydrogen-bond donors (Lipinski definition) is 2. The zero-order valence-electron chi connectivity index (χ0n) is 12.7. The fourth-order valence-corrected chi connectivity index (χ4v) is 2.51. The number of rotatable bonds is 4. The van der Waals surface area contributed by atoms with Gasteiger partial charge in [-0.3, -0.25) is 0 Å². The molecule has 0 atom stereocenters. The molecule has 3 rings (SSSR count). The summed E-state index contributed by atoms with van der Waals surface area (Å²) >= 11 is 11.2. The highest BCUT2D eigenvalue weighted by Gasteiger charge is 2.10. The molecule has 2 aromatic carbocycles. The molecule has 24 heavy (non-hydrogen) atoms. The van der Waals surface area contributed by atoms with Gasteiger partial charge in [-0.2, -0.15) is 0 Å². The first-order valence-corrected chi connectivity index (χ1v) is 7.85. The largest absolute Gasteiger partial charge is 0.496 e. The summed E-state index contributed by atoms with van der Waals surface area (Å²) in [7, 11) is 1.60. The Labute approximate surface area is 149 Å². The molecule has 0 unspecified atom stereocenters. The molecule has 1 aromatic heterocycles. The zero-order valence-corrected chi connectivity index (χ0v) is 14.3. The minimum Gasteiger partial charge on any atom is -0.496 e. The summed E-state index contributed by atoms with van der Waals surface area (Å²) in [6, 6.07) is 12.9. The van der Waals surface area contributed by atoms with Crippen LogP contribution in [-0.4, -0.2) is 17.2 Å². The van der Waals surface area contributed by atoms with Crippen LogP contribution >= 0.6 is 23.8 Å². The third-order valence-corrected chi connectivity index (χ3v) is 3.72. The molecule has 0 saturated heterocycles. The molecule has 0 fully saturated rings. The highest BCUT2D eigenvalue weighted by atomic mass is 35.5. The molecule has 2 N–H and O–H groups in total. The minimum atomic E-state index is 0.465. The molecule has 3 aromatic rings. The van der Waals surface area contributed by atoms with Crippen LogP contribution in [0.5, 0.6) is 5.75 Å². The second kappa shape index (κ2) is 7.33. The second-order valence-corrected chi connectivity index (χ2v) is 5.71. The van der Waals surface area contributed by atoms with Gasteiger partial charge < -0.3 is 19.8 Å². The number of benzene rings is 2. The molecule has 1 heterocycles. The van der Waals surface area contributed by atoms with Crippen molar-refractivity contribution in [2.24, 2.45) is 0 Å². The SMILES string of the molecule is COc1cc(NC(=S)Nc2ccc(Cl)cc2)ccc1-c1cnco1. The van der Waals surface area contributed by atoms with Gasteiger partial charge >= 0.3 is 0 Å². The monoisotopic (exact) mass is 359 g/mol. The van der Waals surface area contributed by atoms with Gasteiger partial charge in [-0.1, -0.05) is 11.6 Å². The molecule has 0 spiro atoms. The van der Waals surface area contributed by atoms with E-state index in [0.717, 1.165) is 16.9 Å². The zero-order chi connectivity index (χ0) is 16.9. The van der Waals surface area contributed by atoms with Crippen LogP contribution in [0.25, 0.3) is 11.3 Å². The lowest BCUT2D eigenvalue weighted by Crippen LogP contribution is -2.19. The maximum atomic E-state index is 5.87. The van der Waals surface area contributed by atoms with Crippen LogP contribution in [-0.2, 0) is 0 Å². The fourth-order valence-electron chi connectivity index (χ4n) is 2.15. The number of thiocarbonyl (C=S) groups is 1. The highest BCUT2D eigenvalue weighted by molar-refractivity contribution is 7.80. The predicted octanol–water partition coefficient (Wildman–Crippen LogP) is 4.81. The summed E-state index contributed by atoms with van der Waals surface area (Å²) < 4.78 is 10.7. The Balaban J connectivity index is 1.73. The van der Waals surface area contributed by atoms with Crippen LogP contribution in [0.15, 0.2) is 59.5 Å². The van der Waals surface area contributed by atoms with Gasteiger partial charge in [0.25, 0.3) is 0 Å². The van der Waals surface area contributed by atoms with E-state index in [0.29, 0.717) is 21.6 Å². The third-order valence-electron chi connectivity index (χ3n) is 3.26. The standard InChI is InChI=1S/C17H14ClN3O2S/c1-22-15-8-13(6-7-14(15)16-9-19-10-23-16)21-17(24)20-12-4-2-11(18)3-5-12/h2-10H,1H3,(H2,20,21,24). The number of nitrogens with one attached hydrogen (secondary N) is 2. The van der Waals surface area contributed by atoms with Crippen LogP contribution < -0.4 is 15.4 Å². The first kappa shape index (κ1) is 16.3. The molecule has 0 amide bonds. The molecule has 0 aliphatic heterocycles. The highest BCUT2D eigenvalue weighted by Crippen LogP contribution is 2.32. The Morgan fingerprint density at radius 2 is 1.83 bits per heavy atom. The number of ether oxygens (including phenoxy) is 1. The second-order valence-electron chi connectivity index (χ2n) is 4.87. The number of halogens is 1. The summed E-state index contributed by atoms with van der Waals surface area (Å²) in [5.41, 5.74) is 2.46. The fraction of sp³-hybridized carbons (Fsp3) is 0.0588. The van der Waals surface area contributed by atoms with E-state index < -0.39 is 0 Å². The summed E-state index contributed by atoms with van der Waals surface area (Å²) in [5, 5.41) is 7.34. The van der Waals surface area contributed by atoms with E-state index in [2.05, 4.69) is 15.6 Å². The molecule has 5 nitrogen and oxygen atoms in total. The predicted molar refractivity (Wildman–Crippen MR) is 99.8 cm³/mol. The van der Waals surface area contributed by atoms with Crippen LogP contribution in [0.1, 0.15) is 0 Å². The molecule has 122 valence electrons. The quantitative estimate of drug-likeness (QED) is 0.652. The molecule has 7 heteroatoms. The first-order chi connectivity index (χ1) is 11.7. The van der Waals surface area contributed by atoms with Gasteiger partial charge in [0.2, 0.25) is 0 Å². The minimum absolute atomic E-state index is 0.465. The summed E-state index contributed by atoms with van der Waals surface area (Å²) in [6.45, 7) is 0. The Bertz CT molecular complexity index is 836.